The molecule has 1 aromatic carbocycles. The van der Waals surface area contributed by atoms with Crippen LogP contribution in [0.3, 0.4) is 0 Å². The van der Waals surface area contributed by atoms with E-state index in [0.717, 1.165) is 38.6 Å². The van der Waals surface area contributed by atoms with Gasteiger partial charge in [0.05, 0.1) is 0 Å². The Hall–Kier alpha value is -2.77. The van der Waals surface area contributed by atoms with Crippen molar-refractivity contribution in [3.05, 3.63) is 65.6 Å². The number of halogens is 1. The summed E-state index contributed by atoms with van der Waals surface area (Å²) in [7, 11) is 0. The second-order valence-corrected chi connectivity index (χ2v) is 6.61. The molecule has 1 amide bonds. The predicted molar refractivity (Wildman–Crippen MR) is 102 cm³/mol. The standard InChI is InChI=1S/C20H23FN4O2/c21-18-11-16(8-9-19(26)24-27)12-22-20(18)23-17-7-4-10-25(14-17)13-15-5-2-1-3-6-15/h1-3,5-6,8-9,11-12,17,27H,4,7,10,13-14H2,(H,22,23)(H,24,26)/t17-/m1/s1. The molecular formula is C20H23FN4O2. The number of carbonyl (C=O) groups is 1. The Kier molecular flexibility index (Phi) is 6.51. The third-order valence-electron chi connectivity index (χ3n) is 4.50. The van der Waals surface area contributed by atoms with E-state index in [0.29, 0.717) is 5.56 Å². The highest BCUT2D eigenvalue weighted by atomic mass is 19.1. The van der Waals surface area contributed by atoms with Crippen LogP contribution >= 0.6 is 0 Å². The molecule has 1 aliphatic rings. The van der Waals surface area contributed by atoms with Gasteiger partial charge in [0, 0.05) is 31.4 Å². The van der Waals surface area contributed by atoms with E-state index < -0.39 is 11.7 Å². The maximum Gasteiger partial charge on any atom is 0.267 e. The number of likely N-dealkylation sites (tertiary alicyclic amines) is 1. The van der Waals surface area contributed by atoms with Gasteiger partial charge in [-0.1, -0.05) is 30.3 Å². The fraction of sp³-hybridized carbons (Fsp3) is 0.300. The van der Waals surface area contributed by atoms with Crippen LogP contribution in [0.4, 0.5) is 10.2 Å². The maximum absolute atomic E-state index is 14.3. The Morgan fingerprint density at radius 3 is 2.93 bits per heavy atom. The highest BCUT2D eigenvalue weighted by molar-refractivity contribution is 5.90. The molecule has 7 heteroatoms. The number of anilines is 1. The van der Waals surface area contributed by atoms with E-state index in [2.05, 4.69) is 27.3 Å². The molecular weight excluding hydrogens is 347 g/mol. The molecule has 1 atom stereocenters. The fourth-order valence-corrected chi connectivity index (χ4v) is 3.21. The molecule has 142 valence electrons. The van der Waals surface area contributed by atoms with Crippen LogP contribution in [0.25, 0.3) is 6.08 Å². The van der Waals surface area contributed by atoms with E-state index in [1.165, 1.54) is 29.4 Å². The number of carbonyl (C=O) groups excluding carboxylic acids is 1. The molecule has 3 N–H and O–H groups in total. The second-order valence-electron chi connectivity index (χ2n) is 6.61. The zero-order valence-corrected chi connectivity index (χ0v) is 14.9. The highest BCUT2D eigenvalue weighted by Crippen LogP contribution is 2.19. The van der Waals surface area contributed by atoms with Crippen molar-refractivity contribution in [2.75, 3.05) is 18.4 Å². The topological polar surface area (TPSA) is 77.5 Å². The molecule has 1 aliphatic heterocycles. The van der Waals surface area contributed by atoms with Crippen molar-refractivity contribution in [1.29, 1.82) is 0 Å². The molecule has 3 rings (SSSR count). The Morgan fingerprint density at radius 1 is 1.37 bits per heavy atom. The lowest BCUT2D eigenvalue weighted by atomic mass is 10.0. The van der Waals surface area contributed by atoms with Crippen LogP contribution in [0.15, 0.2) is 48.7 Å². The van der Waals surface area contributed by atoms with E-state index in [-0.39, 0.29) is 11.9 Å². The first-order valence-electron chi connectivity index (χ1n) is 8.94. The number of amides is 1. The number of hydroxylamine groups is 1. The molecule has 0 spiro atoms. The number of piperidine rings is 1. The Labute approximate surface area is 157 Å². The lowest BCUT2D eigenvalue weighted by molar-refractivity contribution is -0.124. The van der Waals surface area contributed by atoms with Crippen LogP contribution in [0.5, 0.6) is 0 Å². The minimum Gasteiger partial charge on any atom is -0.364 e. The SMILES string of the molecule is O=C(C=Cc1cnc(N[C@@H]2CCCN(Cc3ccccc3)C2)c(F)c1)NO. The van der Waals surface area contributed by atoms with Gasteiger partial charge in [-0.25, -0.2) is 14.9 Å². The van der Waals surface area contributed by atoms with Gasteiger partial charge >= 0.3 is 0 Å². The minimum absolute atomic E-state index is 0.131. The van der Waals surface area contributed by atoms with Gasteiger partial charge in [0.1, 0.15) is 0 Å². The third kappa shape index (κ3) is 5.60. The first-order valence-corrected chi connectivity index (χ1v) is 8.94. The highest BCUT2D eigenvalue weighted by Gasteiger charge is 2.21. The molecule has 2 heterocycles. The van der Waals surface area contributed by atoms with Crippen LogP contribution in [-0.4, -0.2) is 40.1 Å². The summed E-state index contributed by atoms with van der Waals surface area (Å²) in [4.78, 5) is 17.5. The van der Waals surface area contributed by atoms with Gasteiger partial charge in [0.2, 0.25) is 0 Å². The van der Waals surface area contributed by atoms with Crippen molar-refractivity contribution in [2.24, 2.45) is 0 Å². The summed E-state index contributed by atoms with van der Waals surface area (Å²) in [5.74, 6) is -0.939. The maximum atomic E-state index is 14.3. The van der Waals surface area contributed by atoms with E-state index in [9.17, 15) is 9.18 Å². The molecule has 2 aromatic rings. The molecule has 0 radical (unpaired) electrons. The number of pyridine rings is 1. The monoisotopic (exact) mass is 370 g/mol. The lowest BCUT2D eigenvalue weighted by Crippen LogP contribution is -2.41. The number of benzene rings is 1. The molecule has 0 aliphatic carbocycles. The average Bonchev–Trinajstić information content (AvgIpc) is 2.69. The van der Waals surface area contributed by atoms with Gasteiger partial charge in [0.15, 0.2) is 11.6 Å². The van der Waals surface area contributed by atoms with Crippen molar-refractivity contribution < 1.29 is 14.4 Å². The summed E-state index contributed by atoms with van der Waals surface area (Å²) in [5, 5.41) is 11.7. The summed E-state index contributed by atoms with van der Waals surface area (Å²) in [5.41, 5.74) is 3.19. The van der Waals surface area contributed by atoms with Crippen molar-refractivity contribution in [3.63, 3.8) is 0 Å². The summed E-state index contributed by atoms with van der Waals surface area (Å²) in [6.07, 6.45) is 5.98. The van der Waals surface area contributed by atoms with E-state index >= 15 is 0 Å². The van der Waals surface area contributed by atoms with Gasteiger partial charge in [-0.05, 0) is 42.7 Å². The molecule has 27 heavy (non-hydrogen) atoms. The second kappa shape index (κ2) is 9.25. The largest absolute Gasteiger partial charge is 0.364 e. The first-order chi connectivity index (χ1) is 13.1. The summed E-state index contributed by atoms with van der Waals surface area (Å²) < 4.78 is 14.3. The minimum atomic E-state index is -0.682. The van der Waals surface area contributed by atoms with Crippen LogP contribution in [0, 0.1) is 5.82 Å². The van der Waals surface area contributed by atoms with Gasteiger partial charge in [-0.15, -0.1) is 0 Å². The molecule has 1 fully saturated rings. The normalized spacial score (nSPS) is 17.8. The summed E-state index contributed by atoms with van der Waals surface area (Å²) in [6.45, 7) is 2.74. The number of aromatic nitrogens is 1. The molecule has 0 bridgehead atoms. The number of rotatable bonds is 6. The molecule has 0 saturated carbocycles. The third-order valence-corrected chi connectivity index (χ3v) is 4.50. The van der Waals surface area contributed by atoms with Crippen molar-refractivity contribution in [2.45, 2.75) is 25.4 Å². The summed E-state index contributed by atoms with van der Waals surface area (Å²) >= 11 is 0. The van der Waals surface area contributed by atoms with Crippen molar-refractivity contribution in [1.82, 2.24) is 15.4 Å². The average molecular weight is 370 g/mol. The summed E-state index contributed by atoms with van der Waals surface area (Å²) in [6, 6.07) is 11.7. The van der Waals surface area contributed by atoms with Crippen LogP contribution in [-0.2, 0) is 11.3 Å². The van der Waals surface area contributed by atoms with Gasteiger partial charge in [-0.2, -0.15) is 0 Å². The first kappa shape index (κ1) is 19.0. The van der Waals surface area contributed by atoms with Gasteiger partial charge in [-0.3, -0.25) is 14.9 Å². The fourth-order valence-electron chi connectivity index (χ4n) is 3.21. The molecule has 1 saturated heterocycles. The van der Waals surface area contributed by atoms with Crippen LogP contribution in [0.2, 0.25) is 0 Å². The quantitative estimate of drug-likeness (QED) is 0.414. The van der Waals surface area contributed by atoms with E-state index in [4.69, 9.17) is 5.21 Å². The Balaban J connectivity index is 1.59. The molecule has 0 unspecified atom stereocenters. The lowest BCUT2D eigenvalue weighted by Gasteiger charge is -2.33. The zero-order valence-electron chi connectivity index (χ0n) is 14.9. The Bertz CT molecular complexity index is 798. The molecule has 6 nitrogen and oxygen atoms in total. The van der Waals surface area contributed by atoms with Crippen molar-refractivity contribution in [3.8, 4) is 0 Å². The van der Waals surface area contributed by atoms with Crippen molar-refractivity contribution >= 4 is 17.8 Å². The molecule has 1 aromatic heterocycles. The van der Waals surface area contributed by atoms with Gasteiger partial charge < -0.3 is 5.32 Å². The number of nitrogens with one attached hydrogen (secondary N) is 2. The zero-order chi connectivity index (χ0) is 19.1. The smallest absolute Gasteiger partial charge is 0.267 e. The van der Waals surface area contributed by atoms with E-state index in [1.54, 1.807) is 0 Å². The van der Waals surface area contributed by atoms with Crippen LogP contribution < -0.4 is 10.8 Å². The Morgan fingerprint density at radius 2 is 2.19 bits per heavy atom. The number of hydrogen-bond acceptors (Lipinski definition) is 5. The van der Waals surface area contributed by atoms with Gasteiger partial charge in [0.25, 0.3) is 5.91 Å². The number of nitrogens with zero attached hydrogens (tertiary/aromatic N) is 2. The predicted octanol–water partition coefficient (Wildman–Crippen LogP) is 2.82. The number of hydrogen-bond donors (Lipinski definition) is 3. The van der Waals surface area contributed by atoms with Crippen LogP contribution in [0.1, 0.15) is 24.0 Å². The van der Waals surface area contributed by atoms with E-state index in [1.807, 2.05) is 18.2 Å².